The summed E-state index contributed by atoms with van der Waals surface area (Å²) in [7, 11) is 0. The van der Waals surface area contributed by atoms with Crippen LogP contribution in [0.5, 0.6) is 0 Å². The van der Waals surface area contributed by atoms with E-state index in [1.54, 1.807) is 0 Å². The Labute approximate surface area is 116 Å². The summed E-state index contributed by atoms with van der Waals surface area (Å²) in [6.07, 6.45) is 21.5. The van der Waals surface area contributed by atoms with Crippen LogP contribution in [-0.4, -0.2) is 0 Å². The molecule has 0 heterocycles. The van der Waals surface area contributed by atoms with Crippen LogP contribution in [0.15, 0.2) is 12.2 Å². The molecule has 1 unspecified atom stereocenters. The van der Waals surface area contributed by atoms with Crippen molar-refractivity contribution < 1.29 is 0 Å². The van der Waals surface area contributed by atoms with Crippen molar-refractivity contribution in [1.29, 1.82) is 0 Å². The molecule has 0 N–H and O–H groups in total. The van der Waals surface area contributed by atoms with Crippen LogP contribution in [0.1, 0.15) is 97.8 Å². The second kappa shape index (κ2) is 14.8. The van der Waals surface area contributed by atoms with E-state index in [0.717, 1.165) is 5.92 Å². The fourth-order valence-corrected chi connectivity index (χ4v) is 2.52. The van der Waals surface area contributed by atoms with Gasteiger partial charge in [0.05, 0.1) is 0 Å². The van der Waals surface area contributed by atoms with Gasteiger partial charge in [0, 0.05) is 0 Å². The van der Waals surface area contributed by atoms with Crippen molar-refractivity contribution in [3.63, 3.8) is 0 Å². The summed E-state index contributed by atoms with van der Waals surface area (Å²) < 4.78 is 0. The molecule has 0 aromatic rings. The topological polar surface area (TPSA) is 0 Å². The van der Waals surface area contributed by atoms with E-state index >= 15 is 0 Å². The lowest BCUT2D eigenvalue weighted by molar-refractivity contribution is 0.435. The van der Waals surface area contributed by atoms with Gasteiger partial charge in [-0.15, -0.1) is 0 Å². The van der Waals surface area contributed by atoms with E-state index in [-0.39, 0.29) is 0 Å². The van der Waals surface area contributed by atoms with Gasteiger partial charge in [-0.05, 0) is 25.7 Å². The molecule has 0 fully saturated rings. The minimum absolute atomic E-state index is 0.956. The van der Waals surface area contributed by atoms with Crippen molar-refractivity contribution in [3.8, 4) is 0 Å². The minimum Gasteiger partial charge on any atom is -0.0917 e. The highest BCUT2D eigenvalue weighted by Crippen LogP contribution is 2.18. The van der Waals surface area contributed by atoms with Gasteiger partial charge in [-0.1, -0.05) is 90.2 Å². The smallest absolute Gasteiger partial charge is 0.0351 e. The Balaban J connectivity index is 3.14. The quantitative estimate of drug-likeness (QED) is 0.247. The van der Waals surface area contributed by atoms with Crippen LogP contribution in [-0.2, 0) is 0 Å². The highest BCUT2D eigenvalue weighted by atomic mass is 14.1. The van der Waals surface area contributed by atoms with E-state index in [2.05, 4.69) is 32.9 Å². The number of hydrogen-bond donors (Lipinski definition) is 0. The Hall–Kier alpha value is -0.260. The molecule has 0 nitrogen and oxygen atoms in total. The Kier molecular flexibility index (Phi) is 14.6. The average molecular weight is 252 g/mol. The van der Waals surface area contributed by atoms with Gasteiger partial charge in [0.15, 0.2) is 0 Å². The first kappa shape index (κ1) is 17.7. The van der Waals surface area contributed by atoms with Crippen molar-refractivity contribution in [3.05, 3.63) is 12.2 Å². The molecule has 0 amide bonds. The third kappa shape index (κ3) is 13.8. The van der Waals surface area contributed by atoms with Crippen molar-refractivity contribution in [2.45, 2.75) is 97.8 Å². The summed E-state index contributed by atoms with van der Waals surface area (Å²) in [6, 6.07) is 0. The summed E-state index contributed by atoms with van der Waals surface area (Å²) >= 11 is 0. The van der Waals surface area contributed by atoms with Gasteiger partial charge in [0.1, 0.15) is 0 Å². The molecule has 0 spiro atoms. The van der Waals surface area contributed by atoms with E-state index < -0.39 is 0 Å². The summed E-state index contributed by atoms with van der Waals surface area (Å²) in [4.78, 5) is 0. The average Bonchev–Trinajstić information content (AvgIpc) is 2.38. The molecule has 0 aliphatic rings. The molecule has 0 aliphatic carbocycles. The predicted octanol–water partition coefficient (Wildman–Crippen LogP) is 6.90. The van der Waals surface area contributed by atoms with E-state index in [0.29, 0.717) is 0 Å². The third-order valence-electron chi connectivity index (χ3n) is 3.85. The number of rotatable bonds is 13. The maximum absolute atomic E-state index is 2.44. The largest absolute Gasteiger partial charge is 0.0917 e. The highest BCUT2D eigenvalue weighted by Gasteiger charge is 2.01. The normalized spacial score (nSPS) is 13.3. The van der Waals surface area contributed by atoms with Crippen LogP contribution in [0.2, 0.25) is 0 Å². The van der Waals surface area contributed by atoms with Crippen LogP contribution >= 0.6 is 0 Å². The minimum atomic E-state index is 0.956. The Morgan fingerprint density at radius 2 is 1.33 bits per heavy atom. The maximum atomic E-state index is 2.44. The molecule has 18 heavy (non-hydrogen) atoms. The van der Waals surface area contributed by atoms with Gasteiger partial charge in [-0.25, -0.2) is 0 Å². The predicted molar refractivity (Wildman–Crippen MR) is 85.1 cm³/mol. The van der Waals surface area contributed by atoms with Gasteiger partial charge in [0.25, 0.3) is 0 Å². The lowest BCUT2D eigenvalue weighted by atomic mass is 9.96. The molecule has 0 aliphatic heterocycles. The Morgan fingerprint density at radius 1 is 0.778 bits per heavy atom. The van der Waals surface area contributed by atoms with Crippen LogP contribution in [0, 0.1) is 5.92 Å². The summed E-state index contributed by atoms with van der Waals surface area (Å²) in [5.41, 5.74) is 0. The number of unbranched alkanes of at least 4 members (excludes halogenated alkanes) is 8. The van der Waals surface area contributed by atoms with Gasteiger partial charge in [-0.2, -0.15) is 0 Å². The van der Waals surface area contributed by atoms with Crippen molar-refractivity contribution in [2.75, 3.05) is 0 Å². The Morgan fingerprint density at radius 3 is 1.94 bits per heavy atom. The van der Waals surface area contributed by atoms with E-state index in [9.17, 15) is 0 Å². The van der Waals surface area contributed by atoms with Gasteiger partial charge >= 0.3 is 0 Å². The van der Waals surface area contributed by atoms with Crippen LogP contribution in [0.25, 0.3) is 0 Å². The van der Waals surface area contributed by atoms with E-state index in [1.807, 2.05) is 0 Å². The first-order chi connectivity index (χ1) is 8.81. The lowest BCUT2D eigenvalue weighted by Crippen LogP contribution is -1.95. The molecule has 0 bridgehead atoms. The first-order valence-electron chi connectivity index (χ1n) is 8.42. The molecule has 108 valence electrons. The summed E-state index contributed by atoms with van der Waals surface area (Å²) in [5, 5.41) is 0. The van der Waals surface area contributed by atoms with Gasteiger partial charge in [0.2, 0.25) is 0 Å². The number of hydrogen-bond acceptors (Lipinski definition) is 0. The summed E-state index contributed by atoms with van der Waals surface area (Å²) in [6.45, 7) is 6.85. The van der Waals surface area contributed by atoms with Crippen molar-refractivity contribution >= 4 is 0 Å². The molecule has 0 aromatic heterocycles. The van der Waals surface area contributed by atoms with Crippen LogP contribution < -0.4 is 0 Å². The zero-order valence-corrected chi connectivity index (χ0v) is 13.2. The van der Waals surface area contributed by atoms with Gasteiger partial charge in [-0.3, -0.25) is 0 Å². The zero-order chi connectivity index (χ0) is 13.5. The monoisotopic (exact) mass is 252 g/mol. The second-order valence-electron chi connectivity index (χ2n) is 5.87. The molecule has 0 aromatic carbocycles. The molecular weight excluding hydrogens is 216 g/mol. The lowest BCUT2D eigenvalue weighted by Gasteiger charge is -2.10. The molecule has 0 saturated heterocycles. The highest BCUT2D eigenvalue weighted by molar-refractivity contribution is 4.76. The molecule has 0 heteroatoms. The first-order valence-corrected chi connectivity index (χ1v) is 8.42. The van der Waals surface area contributed by atoms with E-state index in [4.69, 9.17) is 0 Å². The molecule has 0 radical (unpaired) electrons. The van der Waals surface area contributed by atoms with Gasteiger partial charge < -0.3 is 0 Å². The second-order valence-corrected chi connectivity index (χ2v) is 5.87. The zero-order valence-electron chi connectivity index (χ0n) is 13.2. The van der Waals surface area contributed by atoms with E-state index in [1.165, 1.54) is 77.0 Å². The third-order valence-corrected chi connectivity index (χ3v) is 3.85. The molecule has 0 rings (SSSR count). The number of allylic oxidation sites excluding steroid dienone is 2. The fourth-order valence-electron chi connectivity index (χ4n) is 2.52. The molecular formula is C18H36. The van der Waals surface area contributed by atoms with Crippen LogP contribution in [0.4, 0.5) is 0 Å². The van der Waals surface area contributed by atoms with Crippen molar-refractivity contribution in [2.24, 2.45) is 5.92 Å². The van der Waals surface area contributed by atoms with Crippen molar-refractivity contribution in [1.82, 2.24) is 0 Å². The Bertz CT molecular complexity index is 169. The maximum Gasteiger partial charge on any atom is -0.0351 e. The fraction of sp³-hybridized carbons (Fsp3) is 0.889. The summed E-state index contributed by atoms with van der Waals surface area (Å²) in [5.74, 6) is 0.956. The molecule has 1 atom stereocenters. The SMILES string of the molecule is CC=CCCCCCC(C)CCCCCCCC. The standard InChI is InChI=1S/C18H36/c1-4-6-8-10-12-14-16-18(3)17-15-13-11-9-7-5-2/h4,6,18H,5,7-17H2,1-3H3. The van der Waals surface area contributed by atoms with Crippen LogP contribution in [0.3, 0.4) is 0 Å². The molecule has 0 saturated carbocycles.